The Bertz CT molecular complexity index is 1850. The molecule has 2 heterocycles. The van der Waals surface area contributed by atoms with Crippen molar-refractivity contribution in [3.05, 3.63) is 157 Å². The van der Waals surface area contributed by atoms with Crippen molar-refractivity contribution in [3.63, 3.8) is 0 Å². The highest BCUT2D eigenvalue weighted by molar-refractivity contribution is 6.03. The first-order chi connectivity index (χ1) is 22.9. The maximum Gasteiger partial charge on any atom is 0.294 e. The fraction of sp³-hybridized carbons (Fsp3) is 0.184. The molecular weight excluding hydrogens is 588 g/mol. The van der Waals surface area contributed by atoms with E-state index < -0.39 is 0 Å². The Kier molecular flexibility index (Phi) is 11.0. The molecule has 0 spiro atoms. The molecule has 0 bridgehead atoms. The fourth-order valence-electron chi connectivity index (χ4n) is 5.07. The number of anilines is 2. The average Bonchev–Trinajstić information content (AvgIpc) is 3.77. The number of benzene rings is 4. The molecule has 6 aromatic rings. The second kappa shape index (κ2) is 15.9. The Morgan fingerprint density at radius 3 is 1.81 bits per heavy atom. The molecule has 4 aromatic carbocycles. The number of methoxy groups -OCH3 is 2. The summed E-state index contributed by atoms with van der Waals surface area (Å²) in [5.74, 6) is 2.86. The standard InChI is InChI=1S/C19H19N3O2.C19H21N3O/c1-21(16-9-6-10-17(13-16)24-2)19(23)18-20-11-12-22(18)14-15-7-4-3-5-8-15;1-21(17-9-6-10-18(13-17)23-2)15-19-20-11-12-22(19)14-16-7-4-3-5-8-16/h3-13H,14H2,1-2H3;3-13H,14-15H2,1-2H3. The number of amides is 1. The van der Waals surface area contributed by atoms with Crippen molar-refractivity contribution in [2.45, 2.75) is 19.6 Å². The van der Waals surface area contributed by atoms with Crippen LogP contribution < -0.4 is 19.3 Å². The predicted molar refractivity (Wildman–Crippen MR) is 186 cm³/mol. The summed E-state index contributed by atoms with van der Waals surface area (Å²) < 4.78 is 14.6. The summed E-state index contributed by atoms with van der Waals surface area (Å²) in [5.41, 5.74) is 4.26. The van der Waals surface area contributed by atoms with Gasteiger partial charge in [-0.15, -0.1) is 0 Å². The summed E-state index contributed by atoms with van der Waals surface area (Å²) in [6.07, 6.45) is 7.36. The molecule has 0 saturated carbocycles. The van der Waals surface area contributed by atoms with Gasteiger partial charge >= 0.3 is 0 Å². The van der Waals surface area contributed by atoms with Gasteiger partial charge in [-0.2, -0.15) is 0 Å². The first-order valence-electron chi connectivity index (χ1n) is 15.3. The number of hydrogen-bond acceptors (Lipinski definition) is 6. The molecule has 0 aliphatic carbocycles. The average molecular weight is 629 g/mol. The topological polar surface area (TPSA) is 77.7 Å². The zero-order valence-electron chi connectivity index (χ0n) is 27.2. The van der Waals surface area contributed by atoms with Crippen LogP contribution in [0.15, 0.2) is 134 Å². The minimum atomic E-state index is -0.163. The molecule has 1 amide bonds. The van der Waals surface area contributed by atoms with Crippen LogP contribution in [0.3, 0.4) is 0 Å². The van der Waals surface area contributed by atoms with E-state index in [0.29, 0.717) is 18.1 Å². The first-order valence-corrected chi connectivity index (χ1v) is 15.3. The van der Waals surface area contributed by atoms with E-state index in [9.17, 15) is 4.79 Å². The highest BCUT2D eigenvalue weighted by Gasteiger charge is 2.19. The lowest BCUT2D eigenvalue weighted by molar-refractivity contribution is 0.0979. The van der Waals surface area contributed by atoms with E-state index in [1.54, 1.807) is 32.4 Å². The van der Waals surface area contributed by atoms with E-state index in [1.165, 1.54) is 5.56 Å². The van der Waals surface area contributed by atoms with Gasteiger partial charge in [-0.05, 0) is 35.4 Å². The molecule has 0 aliphatic heterocycles. The van der Waals surface area contributed by atoms with Gasteiger partial charge in [0.05, 0.1) is 20.8 Å². The third-order valence-corrected chi connectivity index (χ3v) is 7.72. The smallest absolute Gasteiger partial charge is 0.294 e. The largest absolute Gasteiger partial charge is 0.497 e. The fourth-order valence-corrected chi connectivity index (χ4v) is 5.07. The summed E-state index contributed by atoms with van der Waals surface area (Å²) in [6.45, 7) is 2.18. The highest BCUT2D eigenvalue weighted by Crippen LogP contribution is 2.22. The van der Waals surface area contributed by atoms with Crippen molar-refractivity contribution in [2.24, 2.45) is 0 Å². The number of ether oxygens (including phenoxy) is 2. The number of hydrogen-bond donors (Lipinski definition) is 0. The number of rotatable bonds is 11. The Balaban J connectivity index is 0.000000185. The highest BCUT2D eigenvalue weighted by atomic mass is 16.5. The van der Waals surface area contributed by atoms with E-state index in [0.717, 1.165) is 41.6 Å². The zero-order chi connectivity index (χ0) is 33.0. The Labute approximate surface area is 276 Å². The van der Waals surface area contributed by atoms with E-state index in [1.807, 2.05) is 102 Å². The van der Waals surface area contributed by atoms with Gasteiger partial charge in [0.25, 0.3) is 5.91 Å². The van der Waals surface area contributed by atoms with Crippen LogP contribution in [0.2, 0.25) is 0 Å². The van der Waals surface area contributed by atoms with Crippen LogP contribution in [0.25, 0.3) is 0 Å². The van der Waals surface area contributed by atoms with Gasteiger partial charge in [0, 0.05) is 75.5 Å². The third kappa shape index (κ3) is 8.67. The number of nitrogens with zero attached hydrogens (tertiary/aromatic N) is 6. The van der Waals surface area contributed by atoms with Gasteiger partial charge in [0.15, 0.2) is 5.82 Å². The van der Waals surface area contributed by atoms with E-state index in [2.05, 4.69) is 56.8 Å². The van der Waals surface area contributed by atoms with Crippen molar-refractivity contribution in [1.29, 1.82) is 0 Å². The van der Waals surface area contributed by atoms with Crippen LogP contribution in [-0.2, 0) is 19.6 Å². The van der Waals surface area contributed by atoms with Crippen molar-refractivity contribution >= 4 is 17.3 Å². The summed E-state index contributed by atoms with van der Waals surface area (Å²) >= 11 is 0. The van der Waals surface area contributed by atoms with Crippen molar-refractivity contribution in [3.8, 4) is 11.5 Å². The maximum atomic E-state index is 12.8. The molecule has 0 unspecified atom stereocenters. The van der Waals surface area contributed by atoms with Crippen molar-refractivity contribution in [1.82, 2.24) is 19.1 Å². The minimum absolute atomic E-state index is 0.163. The Hall–Kier alpha value is -5.83. The summed E-state index contributed by atoms with van der Waals surface area (Å²) in [7, 11) is 7.09. The molecule has 0 fully saturated rings. The number of imidazole rings is 2. The number of carbonyl (C=O) groups excluding carboxylic acids is 1. The predicted octanol–water partition coefficient (Wildman–Crippen LogP) is 6.79. The molecule has 0 radical (unpaired) electrons. The van der Waals surface area contributed by atoms with Gasteiger partial charge in [0.2, 0.25) is 0 Å². The molecule has 9 heteroatoms. The van der Waals surface area contributed by atoms with Crippen molar-refractivity contribution < 1.29 is 14.3 Å². The van der Waals surface area contributed by atoms with Gasteiger partial charge in [0.1, 0.15) is 17.3 Å². The molecule has 240 valence electrons. The van der Waals surface area contributed by atoms with Crippen LogP contribution in [0.4, 0.5) is 11.4 Å². The van der Waals surface area contributed by atoms with Gasteiger partial charge < -0.3 is 28.4 Å². The summed E-state index contributed by atoms with van der Waals surface area (Å²) in [5, 5.41) is 0. The summed E-state index contributed by atoms with van der Waals surface area (Å²) in [4.78, 5) is 25.3. The van der Waals surface area contributed by atoms with E-state index in [-0.39, 0.29) is 5.91 Å². The van der Waals surface area contributed by atoms with Crippen LogP contribution in [-0.4, -0.2) is 53.3 Å². The molecule has 9 nitrogen and oxygen atoms in total. The van der Waals surface area contributed by atoms with Gasteiger partial charge in [-0.25, -0.2) is 9.97 Å². The third-order valence-electron chi connectivity index (χ3n) is 7.72. The Morgan fingerprint density at radius 1 is 0.660 bits per heavy atom. The number of carbonyl (C=O) groups is 1. The quantitative estimate of drug-likeness (QED) is 0.157. The molecule has 2 aromatic heterocycles. The van der Waals surface area contributed by atoms with Crippen LogP contribution in [0, 0.1) is 0 Å². The van der Waals surface area contributed by atoms with Crippen molar-refractivity contribution in [2.75, 3.05) is 38.1 Å². The molecule has 0 saturated heterocycles. The minimum Gasteiger partial charge on any atom is -0.497 e. The molecule has 0 N–H and O–H groups in total. The molecule has 0 aliphatic rings. The zero-order valence-corrected chi connectivity index (χ0v) is 27.2. The molecule has 0 atom stereocenters. The lowest BCUT2D eigenvalue weighted by Gasteiger charge is -2.20. The molecule has 47 heavy (non-hydrogen) atoms. The maximum absolute atomic E-state index is 12.8. The van der Waals surface area contributed by atoms with Crippen LogP contribution >= 0.6 is 0 Å². The van der Waals surface area contributed by atoms with Gasteiger partial charge in [-0.1, -0.05) is 72.8 Å². The lowest BCUT2D eigenvalue weighted by atomic mass is 10.2. The van der Waals surface area contributed by atoms with Crippen LogP contribution in [0.1, 0.15) is 27.6 Å². The molecular formula is C38H40N6O3. The van der Waals surface area contributed by atoms with Crippen LogP contribution in [0.5, 0.6) is 11.5 Å². The number of aromatic nitrogens is 4. The second-order valence-electron chi connectivity index (χ2n) is 10.9. The SMILES string of the molecule is COc1cccc(N(C)C(=O)c2nccn2Cc2ccccc2)c1.COc1cccc(N(C)Cc2nccn2Cc2ccccc2)c1. The van der Waals surface area contributed by atoms with E-state index >= 15 is 0 Å². The first kappa shape index (κ1) is 32.6. The monoisotopic (exact) mass is 628 g/mol. The van der Waals surface area contributed by atoms with E-state index in [4.69, 9.17) is 9.47 Å². The van der Waals surface area contributed by atoms with Gasteiger partial charge in [-0.3, -0.25) is 4.79 Å². The second-order valence-corrected chi connectivity index (χ2v) is 10.9. The summed E-state index contributed by atoms with van der Waals surface area (Å²) in [6, 6.07) is 35.9. The molecule has 6 rings (SSSR count). The Morgan fingerprint density at radius 2 is 1.19 bits per heavy atom. The normalized spacial score (nSPS) is 10.5. The lowest BCUT2D eigenvalue weighted by Crippen LogP contribution is -2.29.